The Bertz CT molecular complexity index is 157. The molecule has 0 aliphatic rings. The van der Waals surface area contributed by atoms with E-state index in [0.29, 0.717) is 0 Å². The van der Waals surface area contributed by atoms with Crippen LogP contribution in [0.15, 0.2) is 12.2 Å². The van der Waals surface area contributed by atoms with Crippen LogP contribution in [0.25, 0.3) is 0 Å². The van der Waals surface area contributed by atoms with Gasteiger partial charge >= 0.3 is 0 Å². The molecule has 2 radical (unpaired) electrons. The third-order valence-electron chi connectivity index (χ3n) is 3.32. The predicted molar refractivity (Wildman–Crippen MR) is 79.8 cm³/mol. The summed E-state index contributed by atoms with van der Waals surface area (Å²) in [5, 5.41) is 0. The Balaban J connectivity index is 3.13. The maximum atomic E-state index is 3.87. The van der Waals surface area contributed by atoms with Gasteiger partial charge in [-0.15, -0.1) is 0 Å². The van der Waals surface area contributed by atoms with Crippen molar-refractivity contribution < 1.29 is 0 Å². The molecule has 0 N–H and O–H groups in total. The average Bonchev–Trinajstić information content (AvgIpc) is 2.33. The van der Waals surface area contributed by atoms with Crippen LogP contribution in [0, 0.1) is 19.8 Å². The molecule has 0 amide bonds. The number of hydrogen-bond donors (Lipinski definition) is 0. The Kier molecular flexibility index (Phi) is 13.6. The number of unbranched alkanes of at least 4 members (excludes halogenated alkanes) is 7. The minimum absolute atomic E-state index is 0.851. The van der Waals surface area contributed by atoms with Crippen molar-refractivity contribution in [3.8, 4) is 0 Å². The Morgan fingerprint density at radius 1 is 0.824 bits per heavy atom. The minimum Gasteiger partial charge on any atom is -0.0885 e. The standard InChI is InChI=1S/C17H32/c1-4-6-8-9-10-11-12-14-16-17(3)15-13-7-5-2/h7,13,17H,1-2,4-6,8-12,14-16H2,3H3/b13-7+. The fourth-order valence-electron chi connectivity index (χ4n) is 2.12. The largest absolute Gasteiger partial charge is 0.0885 e. The van der Waals surface area contributed by atoms with Gasteiger partial charge in [-0.3, -0.25) is 0 Å². The lowest BCUT2D eigenvalue weighted by molar-refractivity contribution is 0.484. The Labute approximate surface area is 110 Å². The number of rotatable bonds is 12. The summed E-state index contributed by atoms with van der Waals surface area (Å²) in [7, 11) is 0. The van der Waals surface area contributed by atoms with Gasteiger partial charge in [0.2, 0.25) is 0 Å². The molecule has 0 saturated heterocycles. The van der Waals surface area contributed by atoms with Crippen molar-refractivity contribution in [1.29, 1.82) is 0 Å². The van der Waals surface area contributed by atoms with E-state index in [-0.39, 0.29) is 0 Å². The molecule has 0 rings (SSSR count). The Hall–Kier alpha value is -0.260. The summed E-state index contributed by atoms with van der Waals surface area (Å²) in [5.41, 5.74) is 0. The van der Waals surface area contributed by atoms with Gasteiger partial charge in [0.15, 0.2) is 0 Å². The van der Waals surface area contributed by atoms with E-state index in [0.717, 1.165) is 18.8 Å². The van der Waals surface area contributed by atoms with E-state index in [1.54, 1.807) is 0 Å². The van der Waals surface area contributed by atoms with Crippen molar-refractivity contribution in [2.75, 3.05) is 0 Å². The van der Waals surface area contributed by atoms with Crippen LogP contribution < -0.4 is 0 Å². The average molecular weight is 236 g/mol. The molecule has 1 unspecified atom stereocenters. The van der Waals surface area contributed by atoms with Crippen LogP contribution in [-0.2, 0) is 0 Å². The molecule has 0 aliphatic carbocycles. The molecule has 0 heteroatoms. The van der Waals surface area contributed by atoms with Crippen LogP contribution in [0.5, 0.6) is 0 Å². The molecule has 0 aromatic carbocycles. The second-order valence-corrected chi connectivity index (χ2v) is 5.22. The van der Waals surface area contributed by atoms with Crippen LogP contribution in [0.1, 0.15) is 77.6 Å². The summed E-state index contributed by atoms with van der Waals surface area (Å²) in [6.07, 6.45) is 18.9. The van der Waals surface area contributed by atoms with Crippen LogP contribution in [-0.4, -0.2) is 0 Å². The van der Waals surface area contributed by atoms with E-state index in [2.05, 4.69) is 32.9 Å². The van der Waals surface area contributed by atoms with Gasteiger partial charge in [-0.1, -0.05) is 83.8 Å². The molecule has 0 aliphatic heterocycles. The van der Waals surface area contributed by atoms with Crippen LogP contribution >= 0.6 is 0 Å². The van der Waals surface area contributed by atoms with E-state index in [4.69, 9.17) is 0 Å². The maximum absolute atomic E-state index is 3.87. The Morgan fingerprint density at radius 2 is 1.41 bits per heavy atom. The van der Waals surface area contributed by atoms with Crippen molar-refractivity contribution in [3.05, 3.63) is 26.0 Å². The highest BCUT2D eigenvalue weighted by Crippen LogP contribution is 2.15. The highest BCUT2D eigenvalue weighted by molar-refractivity contribution is 4.83. The van der Waals surface area contributed by atoms with Gasteiger partial charge in [-0.2, -0.15) is 0 Å². The molecule has 100 valence electrons. The summed E-state index contributed by atoms with van der Waals surface area (Å²) in [6.45, 7) is 10.0. The molecule has 0 heterocycles. The van der Waals surface area contributed by atoms with Crippen molar-refractivity contribution in [3.63, 3.8) is 0 Å². The molecule has 0 fully saturated rings. The monoisotopic (exact) mass is 236 g/mol. The highest BCUT2D eigenvalue weighted by Gasteiger charge is 1.99. The topological polar surface area (TPSA) is 0 Å². The minimum atomic E-state index is 0.851. The van der Waals surface area contributed by atoms with Gasteiger partial charge in [0.05, 0.1) is 0 Å². The highest BCUT2D eigenvalue weighted by atomic mass is 14.0. The normalized spacial score (nSPS) is 13.4. The molecule has 1 atom stereocenters. The summed E-state index contributed by atoms with van der Waals surface area (Å²) in [5.74, 6) is 0.851. The van der Waals surface area contributed by atoms with Gasteiger partial charge in [0, 0.05) is 0 Å². The summed E-state index contributed by atoms with van der Waals surface area (Å²) < 4.78 is 0. The lowest BCUT2D eigenvalue weighted by atomic mass is 9.98. The third kappa shape index (κ3) is 13.7. The van der Waals surface area contributed by atoms with Crippen molar-refractivity contribution >= 4 is 0 Å². The SMILES string of the molecule is [CH2]C/C=C/CC(C)CCCCCCCCC[CH2]. The fraction of sp³-hybridized carbons (Fsp3) is 0.765. The fourth-order valence-corrected chi connectivity index (χ4v) is 2.12. The zero-order chi connectivity index (χ0) is 12.8. The first-order valence-corrected chi connectivity index (χ1v) is 7.54. The molecular formula is C17H32. The quantitative estimate of drug-likeness (QED) is 0.282. The molecule has 0 saturated carbocycles. The van der Waals surface area contributed by atoms with E-state index >= 15 is 0 Å². The summed E-state index contributed by atoms with van der Waals surface area (Å²) >= 11 is 0. The molecule has 17 heavy (non-hydrogen) atoms. The van der Waals surface area contributed by atoms with Gasteiger partial charge in [-0.25, -0.2) is 0 Å². The first kappa shape index (κ1) is 16.7. The lowest BCUT2D eigenvalue weighted by Gasteiger charge is -2.08. The van der Waals surface area contributed by atoms with E-state index < -0.39 is 0 Å². The van der Waals surface area contributed by atoms with Crippen LogP contribution in [0.4, 0.5) is 0 Å². The molecule has 0 nitrogen and oxygen atoms in total. The van der Waals surface area contributed by atoms with Gasteiger partial charge in [0.1, 0.15) is 0 Å². The number of allylic oxidation sites excluding steroid dienone is 2. The zero-order valence-electron chi connectivity index (χ0n) is 11.9. The van der Waals surface area contributed by atoms with Gasteiger partial charge in [-0.05, 0) is 25.7 Å². The van der Waals surface area contributed by atoms with Crippen LogP contribution in [0.3, 0.4) is 0 Å². The lowest BCUT2D eigenvalue weighted by Crippen LogP contribution is -1.92. The summed E-state index contributed by atoms with van der Waals surface area (Å²) in [4.78, 5) is 0. The second-order valence-electron chi connectivity index (χ2n) is 5.22. The Morgan fingerprint density at radius 3 is 2.00 bits per heavy atom. The predicted octanol–water partition coefficient (Wildman–Crippen LogP) is 6.14. The number of hydrogen-bond acceptors (Lipinski definition) is 0. The first-order valence-electron chi connectivity index (χ1n) is 7.54. The van der Waals surface area contributed by atoms with Crippen molar-refractivity contribution in [2.45, 2.75) is 77.6 Å². The molecule has 0 aromatic heterocycles. The second kappa shape index (κ2) is 13.8. The first-order chi connectivity index (χ1) is 8.31. The van der Waals surface area contributed by atoms with Gasteiger partial charge < -0.3 is 0 Å². The van der Waals surface area contributed by atoms with Crippen LogP contribution in [0.2, 0.25) is 0 Å². The molecule has 0 aromatic rings. The van der Waals surface area contributed by atoms with E-state index in [1.165, 1.54) is 57.8 Å². The zero-order valence-corrected chi connectivity index (χ0v) is 11.9. The third-order valence-corrected chi connectivity index (χ3v) is 3.32. The van der Waals surface area contributed by atoms with Gasteiger partial charge in [0.25, 0.3) is 0 Å². The van der Waals surface area contributed by atoms with E-state index in [1.807, 2.05) is 0 Å². The maximum Gasteiger partial charge on any atom is -0.0325 e. The summed E-state index contributed by atoms with van der Waals surface area (Å²) in [6, 6.07) is 0. The van der Waals surface area contributed by atoms with Crippen molar-refractivity contribution in [1.82, 2.24) is 0 Å². The van der Waals surface area contributed by atoms with Crippen molar-refractivity contribution in [2.24, 2.45) is 5.92 Å². The molecule has 0 spiro atoms. The molecule has 0 bridgehead atoms. The van der Waals surface area contributed by atoms with E-state index in [9.17, 15) is 0 Å². The smallest absolute Gasteiger partial charge is 0.0325 e. The molecular weight excluding hydrogens is 204 g/mol.